The van der Waals surface area contributed by atoms with Crippen molar-refractivity contribution in [3.63, 3.8) is 0 Å². The van der Waals surface area contributed by atoms with E-state index in [9.17, 15) is 4.79 Å². The van der Waals surface area contributed by atoms with Crippen molar-refractivity contribution in [1.29, 1.82) is 0 Å². The summed E-state index contributed by atoms with van der Waals surface area (Å²) in [5.74, 6) is 1.66. The Kier molecular flexibility index (Phi) is 4.54. The lowest BCUT2D eigenvalue weighted by Gasteiger charge is -2.16. The van der Waals surface area contributed by atoms with E-state index in [1.54, 1.807) is 30.3 Å². The minimum absolute atomic E-state index is 0.0327. The number of rotatable bonds is 4. The molecule has 1 unspecified atom stereocenters. The van der Waals surface area contributed by atoms with E-state index in [2.05, 4.69) is 23.2 Å². The molecule has 0 saturated heterocycles. The third kappa shape index (κ3) is 3.35. The molecule has 0 aromatic carbocycles. The number of carbonyl (C=O) groups excluding carboxylic acids is 1. The molecule has 22 heavy (non-hydrogen) atoms. The minimum Gasteiger partial charge on any atom is -0.410 e. The van der Waals surface area contributed by atoms with Gasteiger partial charge in [-0.05, 0) is 36.8 Å². The summed E-state index contributed by atoms with van der Waals surface area (Å²) in [5, 5.41) is 8.60. The number of thiophene rings is 1. The lowest BCUT2D eigenvalue weighted by molar-refractivity contribution is -0.125. The normalized spacial score (nSPS) is 17.3. The topological polar surface area (TPSA) is 59.2 Å². The molecular weight excluding hydrogens is 318 g/mol. The molecule has 1 atom stereocenters. The van der Waals surface area contributed by atoms with Crippen molar-refractivity contribution in [2.24, 2.45) is 5.92 Å². The first-order chi connectivity index (χ1) is 10.5. The monoisotopic (exact) mass is 337 g/mol. The molecule has 2 aromatic rings. The number of hydrogen-bond donors (Lipinski definition) is 0. The second-order valence-corrected chi connectivity index (χ2v) is 7.92. The molecule has 2 aromatic heterocycles. The number of aromatic nitrogens is 2. The van der Waals surface area contributed by atoms with Crippen LogP contribution in [0.25, 0.3) is 10.8 Å². The Morgan fingerprint density at radius 3 is 3.09 bits per heavy atom. The standard InChI is InChI=1S/C15H19N3O2S2/c1-9-4-5-11-10(6-9)7-12(22-11)14-16-17-15(20-14)21-8-13(19)18(2)3/h7,9H,4-6,8H2,1-3H3. The first kappa shape index (κ1) is 15.6. The van der Waals surface area contributed by atoms with Crippen LogP contribution in [0.15, 0.2) is 15.7 Å². The van der Waals surface area contributed by atoms with Crippen LogP contribution in [-0.4, -0.2) is 40.9 Å². The Hall–Kier alpha value is -1.34. The number of aryl methyl sites for hydroxylation is 1. The Balaban J connectivity index is 1.70. The van der Waals surface area contributed by atoms with Crippen LogP contribution in [0.5, 0.6) is 0 Å². The lowest BCUT2D eigenvalue weighted by atomic mass is 9.90. The van der Waals surface area contributed by atoms with Gasteiger partial charge in [0.2, 0.25) is 5.91 Å². The molecule has 7 heteroatoms. The molecule has 0 saturated carbocycles. The third-order valence-electron chi connectivity index (χ3n) is 3.76. The van der Waals surface area contributed by atoms with Gasteiger partial charge in [-0.1, -0.05) is 18.7 Å². The number of nitrogens with zero attached hydrogens (tertiary/aromatic N) is 3. The summed E-state index contributed by atoms with van der Waals surface area (Å²) in [6.45, 7) is 2.30. The predicted octanol–water partition coefficient (Wildman–Crippen LogP) is 3.10. The fourth-order valence-electron chi connectivity index (χ4n) is 2.43. The van der Waals surface area contributed by atoms with Crippen LogP contribution in [0.1, 0.15) is 23.8 Å². The fourth-order valence-corrected chi connectivity index (χ4v) is 4.30. The predicted molar refractivity (Wildman–Crippen MR) is 88.2 cm³/mol. The van der Waals surface area contributed by atoms with Crippen molar-refractivity contribution in [2.75, 3.05) is 19.8 Å². The molecule has 2 heterocycles. The van der Waals surface area contributed by atoms with E-state index < -0.39 is 0 Å². The van der Waals surface area contributed by atoms with Crippen molar-refractivity contribution in [2.45, 2.75) is 31.4 Å². The average Bonchev–Trinajstić information content (AvgIpc) is 3.10. The van der Waals surface area contributed by atoms with Gasteiger partial charge in [0, 0.05) is 19.0 Å². The summed E-state index contributed by atoms with van der Waals surface area (Å²) < 4.78 is 5.68. The Labute approximate surface area is 138 Å². The van der Waals surface area contributed by atoms with Crippen molar-refractivity contribution >= 4 is 29.0 Å². The first-order valence-corrected chi connectivity index (χ1v) is 9.11. The van der Waals surface area contributed by atoms with E-state index in [0.717, 1.165) is 23.6 Å². The van der Waals surface area contributed by atoms with Crippen LogP contribution >= 0.6 is 23.1 Å². The largest absolute Gasteiger partial charge is 0.410 e. The number of amides is 1. The van der Waals surface area contributed by atoms with Crippen LogP contribution < -0.4 is 0 Å². The van der Waals surface area contributed by atoms with Crippen LogP contribution in [0, 0.1) is 5.92 Å². The zero-order valence-corrected chi connectivity index (χ0v) is 14.6. The number of carbonyl (C=O) groups is 1. The lowest BCUT2D eigenvalue weighted by Crippen LogP contribution is -2.23. The van der Waals surface area contributed by atoms with Gasteiger partial charge in [-0.3, -0.25) is 4.79 Å². The average molecular weight is 337 g/mol. The number of hydrogen-bond acceptors (Lipinski definition) is 6. The zero-order chi connectivity index (χ0) is 15.7. The SMILES string of the molecule is CC1CCc2sc(-c3nnc(SCC(=O)N(C)C)o3)cc2C1. The highest BCUT2D eigenvalue weighted by Crippen LogP contribution is 2.37. The summed E-state index contributed by atoms with van der Waals surface area (Å²) in [4.78, 5) is 15.6. The quantitative estimate of drug-likeness (QED) is 0.802. The molecule has 3 rings (SSSR count). The van der Waals surface area contributed by atoms with Gasteiger partial charge in [0.05, 0.1) is 10.6 Å². The molecule has 0 bridgehead atoms. The highest BCUT2D eigenvalue weighted by molar-refractivity contribution is 7.99. The maximum Gasteiger partial charge on any atom is 0.277 e. The molecule has 1 aliphatic rings. The van der Waals surface area contributed by atoms with Gasteiger partial charge in [-0.25, -0.2) is 0 Å². The van der Waals surface area contributed by atoms with Crippen LogP contribution in [0.2, 0.25) is 0 Å². The van der Waals surface area contributed by atoms with Crippen molar-refractivity contribution < 1.29 is 9.21 Å². The summed E-state index contributed by atoms with van der Waals surface area (Å²) in [6.07, 6.45) is 3.54. The zero-order valence-electron chi connectivity index (χ0n) is 13.0. The van der Waals surface area contributed by atoms with Crippen LogP contribution in [0.3, 0.4) is 0 Å². The van der Waals surface area contributed by atoms with E-state index in [1.165, 1.54) is 28.6 Å². The summed E-state index contributed by atoms with van der Waals surface area (Å²) >= 11 is 3.03. The van der Waals surface area contributed by atoms with Crippen molar-refractivity contribution in [1.82, 2.24) is 15.1 Å². The summed E-state index contributed by atoms with van der Waals surface area (Å²) in [7, 11) is 3.47. The highest BCUT2D eigenvalue weighted by atomic mass is 32.2. The summed E-state index contributed by atoms with van der Waals surface area (Å²) in [5.41, 5.74) is 1.42. The second kappa shape index (κ2) is 6.42. The first-order valence-electron chi connectivity index (χ1n) is 7.31. The molecular formula is C15H19N3O2S2. The summed E-state index contributed by atoms with van der Waals surface area (Å²) in [6, 6.07) is 2.18. The maximum absolute atomic E-state index is 11.6. The molecule has 0 N–H and O–H groups in total. The Morgan fingerprint density at radius 1 is 1.50 bits per heavy atom. The van der Waals surface area contributed by atoms with E-state index >= 15 is 0 Å². The molecule has 0 fully saturated rings. The second-order valence-electron chi connectivity index (χ2n) is 5.86. The van der Waals surface area contributed by atoms with Gasteiger partial charge in [0.15, 0.2) is 0 Å². The highest BCUT2D eigenvalue weighted by Gasteiger charge is 2.21. The Morgan fingerprint density at radius 2 is 2.32 bits per heavy atom. The van der Waals surface area contributed by atoms with Crippen molar-refractivity contribution in [3.05, 3.63) is 16.5 Å². The van der Waals surface area contributed by atoms with Gasteiger partial charge in [-0.2, -0.15) is 0 Å². The van der Waals surface area contributed by atoms with Gasteiger partial charge >= 0.3 is 0 Å². The minimum atomic E-state index is 0.0327. The smallest absolute Gasteiger partial charge is 0.277 e. The van der Waals surface area contributed by atoms with E-state index in [-0.39, 0.29) is 5.91 Å². The number of fused-ring (bicyclic) bond motifs is 1. The van der Waals surface area contributed by atoms with E-state index in [4.69, 9.17) is 4.42 Å². The van der Waals surface area contributed by atoms with Crippen LogP contribution in [0.4, 0.5) is 0 Å². The fraction of sp³-hybridized carbons (Fsp3) is 0.533. The molecule has 5 nitrogen and oxygen atoms in total. The van der Waals surface area contributed by atoms with E-state index in [0.29, 0.717) is 16.9 Å². The Bertz CT molecular complexity index is 678. The van der Waals surface area contributed by atoms with Gasteiger partial charge < -0.3 is 9.32 Å². The van der Waals surface area contributed by atoms with Crippen molar-refractivity contribution in [3.8, 4) is 10.8 Å². The number of thioether (sulfide) groups is 1. The molecule has 118 valence electrons. The molecule has 0 spiro atoms. The van der Waals surface area contributed by atoms with Crippen LogP contribution in [-0.2, 0) is 17.6 Å². The molecule has 0 aliphatic heterocycles. The van der Waals surface area contributed by atoms with Gasteiger partial charge in [0.1, 0.15) is 0 Å². The third-order valence-corrected chi connectivity index (χ3v) is 5.79. The van der Waals surface area contributed by atoms with Gasteiger partial charge in [0.25, 0.3) is 11.1 Å². The molecule has 0 radical (unpaired) electrons. The van der Waals surface area contributed by atoms with Gasteiger partial charge in [-0.15, -0.1) is 21.5 Å². The van der Waals surface area contributed by atoms with E-state index in [1.807, 2.05) is 0 Å². The molecule has 1 amide bonds. The maximum atomic E-state index is 11.6. The molecule has 1 aliphatic carbocycles.